The second-order valence-electron chi connectivity index (χ2n) is 4.90. The van der Waals surface area contributed by atoms with Gasteiger partial charge in [0, 0.05) is 26.7 Å². The number of nitrogens with one attached hydrogen (secondary N) is 2. The molecule has 0 aliphatic rings. The quantitative estimate of drug-likeness (QED) is 0.440. The van der Waals surface area contributed by atoms with Gasteiger partial charge in [0.15, 0.2) is 5.96 Å². The van der Waals surface area contributed by atoms with Gasteiger partial charge >= 0.3 is 0 Å². The van der Waals surface area contributed by atoms with Gasteiger partial charge in [-0.3, -0.25) is 4.99 Å². The van der Waals surface area contributed by atoms with Gasteiger partial charge in [-0.25, -0.2) is 4.39 Å². The van der Waals surface area contributed by atoms with Crippen LogP contribution >= 0.6 is 0 Å². The predicted molar refractivity (Wildman–Crippen MR) is 85.1 cm³/mol. The molecule has 0 unspecified atom stereocenters. The molecule has 0 amide bonds. The maximum absolute atomic E-state index is 13.4. The van der Waals surface area contributed by atoms with E-state index in [1.165, 1.54) is 0 Å². The Labute approximate surface area is 126 Å². The number of nitrogens with zero attached hydrogens (tertiary/aromatic N) is 1. The molecule has 0 atom stereocenters. The molecule has 0 radical (unpaired) electrons. The maximum Gasteiger partial charge on any atom is 0.191 e. The second-order valence-corrected chi connectivity index (χ2v) is 4.90. The molecule has 0 heterocycles. The van der Waals surface area contributed by atoms with Gasteiger partial charge in [-0.1, -0.05) is 25.5 Å². The summed E-state index contributed by atoms with van der Waals surface area (Å²) in [6.45, 7) is 6.58. The third kappa shape index (κ3) is 7.09. The summed E-state index contributed by atoms with van der Waals surface area (Å²) in [4.78, 5) is 4.12. The first-order valence-electron chi connectivity index (χ1n) is 7.44. The van der Waals surface area contributed by atoms with Crippen molar-refractivity contribution in [3.05, 3.63) is 35.1 Å². The van der Waals surface area contributed by atoms with Crippen molar-refractivity contribution in [3.8, 4) is 0 Å². The molecule has 0 bridgehead atoms. The summed E-state index contributed by atoms with van der Waals surface area (Å²) in [5.74, 6) is 0.511. The highest BCUT2D eigenvalue weighted by molar-refractivity contribution is 5.79. The van der Waals surface area contributed by atoms with Crippen LogP contribution in [0.25, 0.3) is 0 Å². The average molecular weight is 295 g/mol. The van der Waals surface area contributed by atoms with Gasteiger partial charge in [-0.2, -0.15) is 0 Å². The summed E-state index contributed by atoms with van der Waals surface area (Å²) in [5, 5.41) is 6.31. The Kier molecular flexibility index (Phi) is 8.43. The molecule has 2 N–H and O–H groups in total. The number of benzene rings is 1. The number of rotatable bonds is 8. The Bertz CT molecular complexity index is 449. The fourth-order valence-electron chi connectivity index (χ4n) is 1.74. The largest absolute Gasteiger partial charge is 0.380 e. The first kappa shape index (κ1) is 17.4. The van der Waals surface area contributed by atoms with Gasteiger partial charge in [-0.15, -0.1) is 0 Å². The molecule has 1 rings (SSSR count). The number of hydrogen-bond acceptors (Lipinski definition) is 2. The van der Waals surface area contributed by atoms with Crippen LogP contribution in [-0.2, 0) is 11.3 Å². The lowest BCUT2D eigenvalue weighted by Gasteiger charge is -2.12. The summed E-state index contributed by atoms with van der Waals surface area (Å²) in [5.41, 5.74) is 1.55. The summed E-state index contributed by atoms with van der Waals surface area (Å²) in [7, 11) is 1.71. The van der Waals surface area contributed by atoms with E-state index in [-0.39, 0.29) is 5.82 Å². The van der Waals surface area contributed by atoms with Crippen LogP contribution in [0.5, 0.6) is 0 Å². The highest BCUT2D eigenvalue weighted by atomic mass is 19.1. The van der Waals surface area contributed by atoms with Crippen molar-refractivity contribution in [2.24, 2.45) is 4.99 Å². The Balaban J connectivity index is 2.26. The first-order valence-corrected chi connectivity index (χ1v) is 7.44. The monoisotopic (exact) mass is 295 g/mol. The standard InChI is InChI=1S/C16H26FN3O/c1-4-5-9-21-10-8-19-16(18-3)20-12-14-7-6-13(2)15(17)11-14/h6-7,11H,4-5,8-10,12H2,1-3H3,(H2,18,19,20). The summed E-state index contributed by atoms with van der Waals surface area (Å²) in [6, 6.07) is 5.24. The SMILES string of the molecule is CCCCOCCNC(=NC)NCc1ccc(C)c(F)c1. The van der Waals surface area contributed by atoms with Crippen LogP contribution in [0.1, 0.15) is 30.9 Å². The van der Waals surface area contributed by atoms with E-state index in [0.717, 1.165) is 25.0 Å². The third-order valence-corrected chi connectivity index (χ3v) is 3.10. The van der Waals surface area contributed by atoms with E-state index in [0.29, 0.717) is 31.2 Å². The molecular formula is C16H26FN3O. The lowest BCUT2D eigenvalue weighted by atomic mass is 10.1. The number of ether oxygens (including phenoxy) is 1. The molecule has 118 valence electrons. The third-order valence-electron chi connectivity index (χ3n) is 3.10. The predicted octanol–water partition coefficient (Wildman–Crippen LogP) is 2.62. The summed E-state index contributed by atoms with van der Waals surface area (Å²) < 4.78 is 18.9. The van der Waals surface area contributed by atoms with E-state index in [1.807, 2.05) is 6.07 Å². The molecule has 1 aromatic carbocycles. The summed E-state index contributed by atoms with van der Waals surface area (Å²) in [6.07, 6.45) is 2.23. The highest BCUT2D eigenvalue weighted by Gasteiger charge is 2.01. The lowest BCUT2D eigenvalue weighted by molar-refractivity contribution is 0.136. The molecule has 0 saturated carbocycles. The topological polar surface area (TPSA) is 45.6 Å². The normalized spacial score (nSPS) is 11.5. The van der Waals surface area contributed by atoms with Gasteiger partial charge in [0.1, 0.15) is 5.82 Å². The fraction of sp³-hybridized carbons (Fsp3) is 0.562. The molecule has 1 aromatic rings. The minimum Gasteiger partial charge on any atom is -0.380 e. The number of guanidine groups is 1. The minimum atomic E-state index is -0.179. The zero-order chi connectivity index (χ0) is 15.5. The molecule has 0 spiro atoms. The van der Waals surface area contributed by atoms with Crippen molar-refractivity contribution in [1.29, 1.82) is 0 Å². The van der Waals surface area contributed by atoms with Crippen molar-refractivity contribution in [3.63, 3.8) is 0 Å². The molecule has 0 saturated heterocycles. The zero-order valence-corrected chi connectivity index (χ0v) is 13.2. The van der Waals surface area contributed by atoms with Crippen LogP contribution in [0.2, 0.25) is 0 Å². The molecule has 0 aliphatic heterocycles. The van der Waals surface area contributed by atoms with Gasteiger partial charge in [-0.05, 0) is 30.5 Å². The van der Waals surface area contributed by atoms with Crippen LogP contribution < -0.4 is 10.6 Å². The van der Waals surface area contributed by atoms with Gasteiger partial charge in [0.25, 0.3) is 0 Å². The Morgan fingerprint density at radius 3 is 2.76 bits per heavy atom. The molecule has 4 nitrogen and oxygen atoms in total. The Morgan fingerprint density at radius 2 is 2.10 bits per heavy atom. The zero-order valence-electron chi connectivity index (χ0n) is 13.2. The molecule has 0 fully saturated rings. The van der Waals surface area contributed by atoms with Crippen molar-refractivity contribution in [2.45, 2.75) is 33.2 Å². The Hall–Kier alpha value is -1.62. The van der Waals surface area contributed by atoms with Crippen molar-refractivity contribution < 1.29 is 9.13 Å². The molecular weight excluding hydrogens is 269 g/mol. The number of hydrogen-bond donors (Lipinski definition) is 2. The van der Waals surface area contributed by atoms with Crippen LogP contribution in [-0.4, -0.2) is 32.8 Å². The molecule has 5 heteroatoms. The van der Waals surface area contributed by atoms with Gasteiger partial charge in [0.05, 0.1) is 6.61 Å². The van der Waals surface area contributed by atoms with Crippen molar-refractivity contribution in [2.75, 3.05) is 26.8 Å². The molecule has 21 heavy (non-hydrogen) atoms. The average Bonchev–Trinajstić information content (AvgIpc) is 2.49. The second kappa shape index (κ2) is 10.2. The highest BCUT2D eigenvalue weighted by Crippen LogP contribution is 2.08. The van der Waals surface area contributed by atoms with Gasteiger partial charge < -0.3 is 15.4 Å². The van der Waals surface area contributed by atoms with Crippen LogP contribution in [0.3, 0.4) is 0 Å². The lowest BCUT2D eigenvalue weighted by Crippen LogP contribution is -2.38. The van der Waals surface area contributed by atoms with Crippen LogP contribution in [0.15, 0.2) is 23.2 Å². The molecule has 0 aliphatic carbocycles. The molecule has 0 aromatic heterocycles. The van der Waals surface area contributed by atoms with Gasteiger partial charge in [0.2, 0.25) is 0 Å². The van der Waals surface area contributed by atoms with E-state index in [2.05, 4.69) is 22.5 Å². The van der Waals surface area contributed by atoms with Crippen LogP contribution in [0, 0.1) is 12.7 Å². The number of aryl methyl sites for hydroxylation is 1. The summed E-state index contributed by atoms with van der Waals surface area (Å²) >= 11 is 0. The van der Waals surface area contributed by atoms with E-state index in [4.69, 9.17) is 4.74 Å². The maximum atomic E-state index is 13.4. The number of halogens is 1. The van der Waals surface area contributed by atoms with E-state index in [9.17, 15) is 4.39 Å². The fourth-order valence-corrected chi connectivity index (χ4v) is 1.74. The number of aliphatic imine (C=N–C) groups is 1. The van der Waals surface area contributed by atoms with E-state index in [1.54, 1.807) is 26.1 Å². The van der Waals surface area contributed by atoms with E-state index < -0.39 is 0 Å². The van der Waals surface area contributed by atoms with Crippen molar-refractivity contribution >= 4 is 5.96 Å². The van der Waals surface area contributed by atoms with Crippen molar-refractivity contribution in [1.82, 2.24) is 10.6 Å². The van der Waals surface area contributed by atoms with E-state index >= 15 is 0 Å². The first-order chi connectivity index (χ1) is 10.2. The minimum absolute atomic E-state index is 0.179. The number of unbranched alkanes of at least 4 members (excludes halogenated alkanes) is 1. The van der Waals surface area contributed by atoms with Crippen LogP contribution in [0.4, 0.5) is 4.39 Å². The Morgan fingerprint density at radius 1 is 1.29 bits per heavy atom. The smallest absolute Gasteiger partial charge is 0.191 e.